The zero-order valence-corrected chi connectivity index (χ0v) is 14.6. The fourth-order valence-corrected chi connectivity index (χ4v) is 4.53. The van der Waals surface area contributed by atoms with Crippen molar-refractivity contribution in [1.82, 2.24) is 4.90 Å². The van der Waals surface area contributed by atoms with Gasteiger partial charge in [-0.1, -0.05) is 19.1 Å². The van der Waals surface area contributed by atoms with Crippen molar-refractivity contribution in [1.29, 1.82) is 10.7 Å². The van der Waals surface area contributed by atoms with E-state index < -0.39 is 5.16 Å². The molecule has 124 valence electrons. The van der Waals surface area contributed by atoms with Gasteiger partial charge in [0.25, 0.3) is 0 Å². The van der Waals surface area contributed by atoms with E-state index in [9.17, 15) is 14.4 Å². The summed E-state index contributed by atoms with van der Waals surface area (Å²) in [5.74, 6) is -0.281. The summed E-state index contributed by atoms with van der Waals surface area (Å²) in [6.45, 7) is 3.03. The zero-order valence-electron chi connectivity index (χ0n) is 13.4. The summed E-state index contributed by atoms with van der Waals surface area (Å²) >= 11 is 0. The van der Waals surface area contributed by atoms with E-state index in [4.69, 9.17) is 5.41 Å². The van der Waals surface area contributed by atoms with Crippen molar-refractivity contribution in [2.24, 2.45) is 11.8 Å². The maximum absolute atomic E-state index is 13.1. The Hall–Kier alpha value is -2.05. The molecule has 0 bridgehead atoms. The summed E-state index contributed by atoms with van der Waals surface area (Å²) < 4.78 is 13.1. The second kappa shape index (κ2) is 6.11. The molecule has 0 saturated carbocycles. The molecule has 1 aliphatic carbocycles. The predicted octanol–water partition coefficient (Wildman–Crippen LogP) is 2.91. The number of nitrogens with one attached hydrogen (secondary N) is 1. The number of hydrogen-bond acceptors (Lipinski definition) is 3. The van der Waals surface area contributed by atoms with Crippen LogP contribution in [-0.2, 0) is 11.3 Å². The van der Waals surface area contributed by atoms with Crippen LogP contribution in [0.4, 0.5) is 4.39 Å². The van der Waals surface area contributed by atoms with Crippen LogP contribution in [0.3, 0.4) is 0 Å². The van der Waals surface area contributed by atoms with Gasteiger partial charge in [-0.05, 0) is 36.1 Å². The minimum atomic E-state index is -0.698. The summed E-state index contributed by atoms with van der Waals surface area (Å²) in [6.07, 6.45) is 2.42. The molecule has 0 amide bonds. The van der Waals surface area contributed by atoms with Gasteiger partial charge in [0.2, 0.25) is 0 Å². The lowest BCUT2D eigenvalue weighted by molar-refractivity contribution is -0.120. The quantitative estimate of drug-likeness (QED) is 0.840. The maximum Gasteiger partial charge on any atom is 0.176 e. The Kier molecular flexibility index (Phi) is 4.27. The van der Waals surface area contributed by atoms with E-state index in [-0.39, 0.29) is 29.0 Å². The highest BCUT2D eigenvalue weighted by Gasteiger charge is 2.50. The van der Waals surface area contributed by atoms with Crippen molar-refractivity contribution in [3.05, 3.63) is 47.3 Å². The lowest BCUT2D eigenvalue weighted by Crippen LogP contribution is -2.57. The molecular formula is C18H19FN3OP. The zero-order chi connectivity index (χ0) is 17.5. The van der Waals surface area contributed by atoms with Gasteiger partial charge in [0.15, 0.2) is 5.78 Å². The minimum absolute atomic E-state index is 0.00377. The number of fused-ring (bicyclic) bond motifs is 1. The Morgan fingerprint density at radius 2 is 2.12 bits per heavy atom. The minimum Gasteiger partial charge on any atom is -0.355 e. The van der Waals surface area contributed by atoms with Gasteiger partial charge in [-0.15, -0.1) is 9.24 Å². The summed E-state index contributed by atoms with van der Waals surface area (Å²) in [6, 6.07) is 8.23. The lowest BCUT2D eigenvalue weighted by atomic mass is 9.68. The number of likely N-dealkylation sites (tertiary alicyclic amines) is 1. The molecule has 1 aliphatic heterocycles. The molecule has 4 nitrogen and oxygen atoms in total. The Morgan fingerprint density at radius 3 is 2.75 bits per heavy atom. The fraction of sp³-hybridized carbons (Fsp3) is 0.389. The molecule has 3 rings (SSSR count). The molecule has 0 aromatic heterocycles. The van der Waals surface area contributed by atoms with Crippen LogP contribution in [-0.4, -0.2) is 28.2 Å². The Morgan fingerprint density at radius 1 is 1.46 bits per heavy atom. The topological polar surface area (TPSA) is 68.0 Å². The van der Waals surface area contributed by atoms with Gasteiger partial charge in [-0.2, -0.15) is 5.26 Å². The van der Waals surface area contributed by atoms with Crippen LogP contribution >= 0.6 is 9.24 Å². The Balaban J connectivity index is 1.90. The standard InChI is InChI=1S/C18H19FN3OP/c1-11-15-6-7-22(10-12-2-4-14(19)5-3-12)17(21)18(15,24)8-13(9-20)16(11)23/h2-5,8,11,15,21H,6-7,10,24H2,1H3/t11-,15-,18+/m1/s1. The smallest absolute Gasteiger partial charge is 0.176 e. The van der Waals surface area contributed by atoms with Crippen LogP contribution < -0.4 is 0 Å². The fourth-order valence-electron chi connectivity index (χ4n) is 3.73. The number of rotatable bonds is 2. The third-order valence-electron chi connectivity index (χ3n) is 5.12. The summed E-state index contributed by atoms with van der Waals surface area (Å²) in [5.41, 5.74) is 1.07. The van der Waals surface area contributed by atoms with E-state index in [0.717, 1.165) is 12.0 Å². The number of Topliss-reactive ketones (excluding diaryl/α,β-unsaturated/α-hetero) is 1. The van der Waals surface area contributed by atoms with Crippen molar-refractivity contribution in [3.8, 4) is 6.07 Å². The van der Waals surface area contributed by atoms with Crippen molar-refractivity contribution in [2.75, 3.05) is 6.54 Å². The number of allylic oxidation sites excluding steroid dienone is 1. The van der Waals surface area contributed by atoms with Gasteiger partial charge in [-0.3, -0.25) is 10.2 Å². The monoisotopic (exact) mass is 343 g/mol. The number of piperidine rings is 1. The van der Waals surface area contributed by atoms with Crippen molar-refractivity contribution >= 4 is 20.9 Å². The molecule has 1 heterocycles. The van der Waals surface area contributed by atoms with Gasteiger partial charge in [0.05, 0.1) is 10.7 Å². The van der Waals surface area contributed by atoms with Gasteiger partial charge >= 0.3 is 0 Å². The van der Waals surface area contributed by atoms with Crippen LogP contribution in [0.25, 0.3) is 0 Å². The van der Waals surface area contributed by atoms with Crippen LogP contribution in [0.2, 0.25) is 0 Å². The average molecular weight is 343 g/mol. The lowest BCUT2D eigenvalue weighted by Gasteiger charge is -2.49. The van der Waals surface area contributed by atoms with Gasteiger partial charge in [0.1, 0.15) is 17.7 Å². The second-order valence-electron chi connectivity index (χ2n) is 6.55. The molecule has 24 heavy (non-hydrogen) atoms. The maximum atomic E-state index is 13.1. The van der Waals surface area contributed by atoms with Gasteiger partial charge in [0, 0.05) is 19.0 Å². The molecule has 1 aromatic rings. The molecule has 1 saturated heterocycles. The Bertz CT molecular complexity index is 767. The Labute approximate surface area is 143 Å². The van der Waals surface area contributed by atoms with Crippen LogP contribution in [0.1, 0.15) is 18.9 Å². The third kappa shape index (κ3) is 2.65. The first-order chi connectivity index (χ1) is 11.4. The molecule has 1 unspecified atom stereocenters. The van der Waals surface area contributed by atoms with E-state index in [1.54, 1.807) is 18.2 Å². The number of benzene rings is 1. The third-order valence-corrected chi connectivity index (χ3v) is 5.99. The second-order valence-corrected chi connectivity index (χ2v) is 7.50. The first-order valence-electron chi connectivity index (χ1n) is 7.91. The summed E-state index contributed by atoms with van der Waals surface area (Å²) in [5, 5.41) is 17.2. The van der Waals surface area contributed by atoms with Crippen molar-refractivity contribution in [2.45, 2.75) is 25.0 Å². The van der Waals surface area contributed by atoms with Crippen LogP contribution in [0, 0.1) is 34.4 Å². The highest BCUT2D eigenvalue weighted by Crippen LogP contribution is 2.46. The number of nitriles is 1. The number of hydrogen-bond donors (Lipinski definition) is 1. The molecule has 2 aliphatic rings. The number of carbonyl (C=O) groups is 1. The molecule has 6 heteroatoms. The van der Waals surface area contributed by atoms with Crippen molar-refractivity contribution in [3.63, 3.8) is 0 Å². The van der Waals surface area contributed by atoms with Crippen LogP contribution in [0.15, 0.2) is 35.9 Å². The highest BCUT2D eigenvalue weighted by atomic mass is 31.0. The first kappa shape index (κ1) is 16.8. The van der Waals surface area contributed by atoms with Crippen molar-refractivity contribution < 1.29 is 9.18 Å². The molecule has 1 fully saturated rings. The number of carbonyl (C=O) groups excluding carboxylic acids is 1. The molecule has 0 radical (unpaired) electrons. The normalized spacial score (nSPS) is 29.8. The molecule has 4 atom stereocenters. The number of amidine groups is 1. The highest BCUT2D eigenvalue weighted by molar-refractivity contribution is 7.21. The van der Waals surface area contributed by atoms with Gasteiger partial charge in [-0.25, -0.2) is 4.39 Å². The number of halogens is 1. The van der Waals surface area contributed by atoms with E-state index in [1.807, 2.05) is 17.9 Å². The van der Waals surface area contributed by atoms with E-state index >= 15 is 0 Å². The molecular weight excluding hydrogens is 324 g/mol. The van der Waals surface area contributed by atoms with E-state index in [2.05, 4.69) is 9.24 Å². The summed E-state index contributed by atoms with van der Waals surface area (Å²) in [4.78, 5) is 14.2. The molecule has 1 N–H and O–H groups in total. The van der Waals surface area contributed by atoms with E-state index in [1.165, 1.54) is 12.1 Å². The van der Waals surface area contributed by atoms with Gasteiger partial charge < -0.3 is 4.90 Å². The largest absolute Gasteiger partial charge is 0.355 e. The molecule has 0 spiro atoms. The first-order valence-corrected chi connectivity index (χ1v) is 8.49. The van der Waals surface area contributed by atoms with Crippen LogP contribution in [0.5, 0.6) is 0 Å². The number of ketones is 1. The van der Waals surface area contributed by atoms with E-state index in [0.29, 0.717) is 18.9 Å². The SMILES string of the molecule is C[C@H]1C(=O)C(C#N)=C[C@@]2(P)C(=N)N(Cc3ccc(F)cc3)CC[C@H]12. The predicted molar refractivity (Wildman–Crippen MR) is 93.0 cm³/mol. The summed E-state index contributed by atoms with van der Waals surface area (Å²) in [7, 11) is 2.70. The average Bonchev–Trinajstić information content (AvgIpc) is 2.57. The molecule has 1 aromatic carbocycles. The number of nitrogens with zero attached hydrogens (tertiary/aromatic N) is 2.